The summed E-state index contributed by atoms with van der Waals surface area (Å²) in [6.45, 7) is 0. The second-order valence-corrected chi connectivity index (χ2v) is 7.47. The molecule has 5 rings (SSSR count). The van der Waals surface area contributed by atoms with E-state index in [9.17, 15) is 0 Å². The van der Waals surface area contributed by atoms with Gasteiger partial charge < -0.3 is 10.5 Å². The molecule has 0 unspecified atom stereocenters. The lowest BCUT2D eigenvalue weighted by atomic mass is 9.99. The highest BCUT2D eigenvalue weighted by atomic mass is 16.5. The van der Waals surface area contributed by atoms with Crippen molar-refractivity contribution >= 4 is 16.7 Å². The second-order valence-electron chi connectivity index (χ2n) is 7.47. The van der Waals surface area contributed by atoms with E-state index in [2.05, 4.69) is 16.0 Å². The van der Waals surface area contributed by atoms with Gasteiger partial charge in [-0.2, -0.15) is 0 Å². The number of fused-ring (bicyclic) bond motifs is 1. The molecule has 5 nitrogen and oxygen atoms in total. The van der Waals surface area contributed by atoms with Crippen molar-refractivity contribution in [2.75, 3.05) is 5.73 Å². The predicted octanol–water partition coefficient (Wildman–Crippen LogP) is 5.72. The van der Waals surface area contributed by atoms with E-state index in [4.69, 9.17) is 15.5 Å². The predicted molar refractivity (Wildman–Crippen MR) is 115 cm³/mol. The van der Waals surface area contributed by atoms with Gasteiger partial charge in [0.2, 0.25) is 0 Å². The first-order valence-electron chi connectivity index (χ1n) is 10.0. The first kappa shape index (κ1) is 17.6. The van der Waals surface area contributed by atoms with Crippen LogP contribution in [0.25, 0.3) is 22.2 Å². The van der Waals surface area contributed by atoms with E-state index in [0.29, 0.717) is 11.7 Å². The summed E-state index contributed by atoms with van der Waals surface area (Å²) in [5.41, 5.74) is 10.00. The van der Waals surface area contributed by atoms with Crippen molar-refractivity contribution in [3.05, 3.63) is 72.7 Å². The van der Waals surface area contributed by atoms with Crippen molar-refractivity contribution in [1.29, 1.82) is 0 Å². The van der Waals surface area contributed by atoms with Crippen molar-refractivity contribution in [1.82, 2.24) is 15.0 Å². The van der Waals surface area contributed by atoms with Crippen LogP contribution in [0.5, 0.6) is 11.5 Å². The van der Waals surface area contributed by atoms with Crippen molar-refractivity contribution in [2.24, 2.45) is 0 Å². The number of ether oxygens (including phenoxy) is 1. The van der Waals surface area contributed by atoms with Gasteiger partial charge in [-0.1, -0.05) is 31.0 Å². The molecule has 4 aromatic rings. The SMILES string of the molecule is Nc1ncnc2cc(C3CCCC3)nc(-c3ccc(Oc4ccccc4)cc3)c12. The number of nitrogens with zero attached hydrogens (tertiary/aromatic N) is 3. The summed E-state index contributed by atoms with van der Waals surface area (Å²) in [6, 6.07) is 19.8. The van der Waals surface area contributed by atoms with E-state index >= 15 is 0 Å². The van der Waals surface area contributed by atoms with Crippen molar-refractivity contribution < 1.29 is 4.74 Å². The smallest absolute Gasteiger partial charge is 0.136 e. The van der Waals surface area contributed by atoms with Gasteiger partial charge in [-0.05, 0) is 55.3 Å². The number of pyridine rings is 1. The number of nitrogen functional groups attached to an aromatic ring is 1. The molecule has 144 valence electrons. The average Bonchev–Trinajstić information content (AvgIpc) is 3.30. The molecule has 0 bridgehead atoms. The highest BCUT2D eigenvalue weighted by molar-refractivity contribution is 5.99. The summed E-state index contributed by atoms with van der Waals surface area (Å²) in [6.07, 6.45) is 6.41. The summed E-state index contributed by atoms with van der Waals surface area (Å²) in [5, 5.41) is 0.811. The molecule has 0 spiro atoms. The summed E-state index contributed by atoms with van der Waals surface area (Å²) in [5.74, 6) is 2.54. The van der Waals surface area contributed by atoms with Crippen LogP contribution in [0.4, 0.5) is 5.82 Å². The zero-order valence-electron chi connectivity index (χ0n) is 16.1. The molecule has 1 fully saturated rings. The molecular weight excluding hydrogens is 360 g/mol. The Kier molecular flexibility index (Phi) is 4.56. The van der Waals surface area contributed by atoms with Gasteiger partial charge in [-0.3, -0.25) is 4.98 Å². The average molecular weight is 382 g/mol. The molecule has 0 aliphatic heterocycles. The summed E-state index contributed by atoms with van der Waals surface area (Å²) >= 11 is 0. The Morgan fingerprint density at radius 2 is 1.59 bits per heavy atom. The molecule has 2 heterocycles. The highest BCUT2D eigenvalue weighted by Gasteiger charge is 2.21. The fourth-order valence-corrected chi connectivity index (χ4v) is 4.07. The monoisotopic (exact) mass is 382 g/mol. The number of para-hydroxylation sites is 1. The number of hydrogen-bond acceptors (Lipinski definition) is 5. The third-order valence-electron chi connectivity index (χ3n) is 5.55. The van der Waals surface area contributed by atoms with E-state index in [1.165, 1.54) is 32.0 Å². The highest BCUT2D eigenvalue weighted by Crippen LogP contribution is 2.37. The van der Waals surface area contributed by atoms with Crippen LogP contribution in [0.2, 0.25) is 0 Å². The Bertz CT molecular complexity index is 1140. The molecule has 1 saturated carbocycles. The van der Waals surface area contributed by atoms with Crippen LogP contribution in [-0.2, 0) is 0 Å². The summed E-state index contributed by atoms with van der Waals surface area (Å²) in [4.78, 5) is 13.7. The quantitative estimate of drug-likeness (QED) is 0.488. The number of hydrogen-bond donors (Lipinski definition) is 1. The van der Waals surface area contributed by atoms with Crippen molar-refractivity contribution in [2.45, 2.75) is 31.6 Å². The van der Waals surface area contributed by atoms with E-state index in [0.717, 1.165) is 39.4 Å². The van der Waals surface area contributed by atoms with Crippen LogP contribution in [0.15, 0.2) is 67.0 Å². The van der Waals surface area contributed by atoms with Gasteiger partial charge in [0, 0.05) is 17.2 Å². The molecule has 2 N–H and O–H groups in total. The van der Waals surface area contributed by atoms with Gasteiger partial charge >= 0.3 is 0 Å². The molecule has 0 radical (unpaired) electrons. The number of aromatic nitrogens is 3. The molecule has 2 aromatic carbocycles. The zero-order valence-corrected chi connectivity index (χ0v) is 16.1. The van der Waals surface area contributed by atoms with Gasteiger partial charge in [-0.25, -0.2) is 9.97 Å². The van der Waals surface area contributed by atoms with E-state index < -0.39 is 0 Å². The van der Waals surface area contributed by atoms with Gasteiger partial charge in [0.1, 0.15) is 23.6 Å². The van der Waals surface area contributed by atoms with Crippen LogP contribution in [0, 0.1) is 0 Å². The minimum Gasteiger partial charge on any atom is -0.457 e. The molecular formula is C24H22N4O. The van der Waals surface area contributed by atoms with Gasteiger partial charge in [0.05, 0.1) is 16.6 Å². The van der Waals surface area contributed by atoms with Crippen molar-refractivity contribution in [3.63, 3.8) is 0 Å². The molecule has 0 saturated heterocycles. The fourth-order valence-electron chi connectivity index (χ4n) is 4.07. The molecule has 5 heteroatoms. The Labute approximate surface area is 169 Å². The number of nitrogens with two attached hydrogens (primary N) is 1. The standard InChI is InChI=1S/C24H22N4O/c25-24-22-21(26-15-27-24)14-20(16-6-4-5-7-16)28-23(22)17-10-12-19(13-11-17)29-18-8-2-1-3-9-18/h1-3,8-16H,4-7H2,(H2,25,26,27). The lowest BCUT2D eigenvalue weighted by Crippen LogP contribution is -2.03. The van der Waals surface area contributed by atoms with E-state index in [1.54, 1.807) is 0 Å². The maximum absolute atomic E-state index is 6.21. The minimum atomic E-state index is 0.458. The fraction of sp³-hybridized carbons (Fsp3) is 0.208. The number of rotatable bonds is 4. The van der Waals surface area contributed by atoms with E-state index in [-0.39, 0.29) is 0 Å². The summed E-state index contributed by atoms with van der Waals surface area (Å²) in [7, 11) is 0. The maximum atomic E-state index is 6.21. The Morgan fingerprint density at radius 1 is 0.862 bits per heavy atom. The zero-order chi connectivity index (χ0) is 19.6. The largest absolute Gasteiger partial charge is 0.457 e. The van der Waals surface area contributed by atoms with Crippen LogP contribution in [0.3, 0.4) is 0 Å². The Balaban J connectivity index is 1.56. The third kappa shape index (κ3) is 3.51. The minimum absolute atomic E-state index is 0.458. The number of anilines is 1. The van der Waals surface area contributed by atoms with Crippen molar-refractivity contribution in [3.8, 4) is 22.8 Å². The molecule has 2 aromatic heterocycles. The van der Waals surface area contributed by atoms with Crippen LogP contribution in [0.1, 0.15) is 37.3 Å². The van der Waals surface area contributed by atoms with Gasteiger partial charge in [0.15, 0.2) is 0 Å². The maximum Gasteiger partial charge on any atom is 0.136 e. The van der Waals surface area contributed by atoms with E-state index in [1.807, 2.05) is 54.6 Å². The number of benzene rings is 2. The summed E-state index contributed by atoms with van der Waals surface area (Å²) < 4.78 is 5.92. The first-order valence-corrected chi connectivity index (χ1v) is 10.0. The van der Waals surface area contributed by atoms with Crippen LogP contribution >= 0.6 is 0 Å². The van der Waals surface area contributed by atoms with Gasteiger partial charge in [-0.15, -0.1) is 0 Å². The Morgan fingerprint density at radius 3 is 2.34 bits per heavy atom. The normalized spacial score (nSPS) is 14.3. The third-order valence-corrected chi connectivity index (χ3v) is 5.55. The lowest BCUT2D eigenvalue weighted by Gasteiger charge is -2.14. The van der Waals surface area contributed by atoms with Gasteiger partial charge in [0.25, 0.3) is 0 Å². The molecule has 1 aliphatic carbocycles. The topological polar surface area (TPSA) is 73.9 Å². The molecule has 0 atom stereocenters. The van der Waals surface area contributed by atoms with Crippen LogP contribution < -0.4 is 10.5 Å². The molecule has 1 aliphatic rings. The lowest BCUT2D eigenvalue weighted by molar-refractivity contribution is 0.483. The first-order chi connectivity index (χ1) is 14.3. The molecule has 0 amide bonds. The van der Waals surface area contributed by atoms with Crippen LogP contribution in [-0.4, -0.2) is 15.0 Å². The second kappa shape index (κ2) is 7.51. The molecule has 29 heavy (non-hydrogen) atoms. The Hall–Kier alpha value is -3.47.